The Balaban J connectivity index is 1.76. The first-order chi connectivity index (χ1) is 16.6. The second-order valence-electron chi connectivity index (χ2n) is 8.41. The summed E-state index contributed by atoms with van der Waals surface area (Å²) in [5, 5.41) is 5.70. The van der Waals surface area contributed by atoms with Crippen LogP contribution in [0.1, 0.15) is 50.2 Å². The third-order valence-electron chi connectivity index (χ3n) is 6.09. The van der Waals surface area contributed by atoms with Crippen molar-refractivity contribution >= 4 is 29.0 Å². The van der Waals surface area contributed by atoms with Gasteiger partial charge in [0.2, 0.25) is 0 Å². The van der Waals surface area contributed by atoms with Crippen molar-refractivity contribution in [3.05, 3.63) is 81.2 Å². The first-order valence-corrected chi connectivity index (χ1v) is 11.6. The van der Waals surface area contributed by atoms with Crippen LogP contribution in [0.5, 0.6) is 5.75 Å². The summed E-state index contributed by atoms with van der Waals surface area (Å²) in [6, 6.07) is 9.87. The van der Waals surface area contributed by atoms with E-state index in [9.17, 15) is 22.8 Å². The molecule has 0 fully saturated rings. The van der Waals surface area contributed by atoms with Gasteiger partial charge in [-0.2, -0.15) is 13.2 Å². The van der Waals surface area contributed by atoms with Gasteiger partial charge in [-0.05, 0) is 62.6 Å². The molecule has 4 rings (SSSR count). The van der Waals surface area contributed by atoms with Crippen molar-refractivity contribution in [2.24, 2.45) is 0 Å². The second kappa shape index (κ2) is 9.77. The molecular formula is C26H24ClF3N2O3. The largest absolute Gasteiger partial charge is 0.494 e. The Kier molecular flexibility index (Phi) is 6.94. The topological polar surface area (TPSA) is 67.4 Å². The zero-order valence-corrected chi connectivity index (χ0v) is 19.9. The molecule has 2 N–H and O–H groups in total. The lowest BCUT2D eigenvalue weighted by Crippen LogP contribution is -2.35. The Hall–Kier alpha value is -3.26. The highest BCUT2D eigenvalue weighted by Gasteiger charge is 2.39. The minimum Gasteiger partial charge on any atom is -0.494 e. The van der Waals surface area contributed by atoms with Crippen LogP contribution in [0.25, 0.3) is 0 Å². The van der Waals surface area contributed by atoms with Gasteiger partial charge < -0.3 is 15.4 Å². The second-order valence-corrected chi connectivity index (χ2v) is 8.82. The van der Waals surface area contributed by atoms with E-state index in [1.54, 1.807) is 31.2 Å². The molecule has 0 spiro atoms. The molecular weight excluding hydrogens is 481 g/mol. The highest BCUT2D eigenvalue weighted by molar-refractivity contribution is 6.34. The number of nitrogens with one attached hydrogen (secondary N) is 2. The Labute approximate surface area is 206 Å². The molecule has 0 aromatic heterocycles. The van der Waals surface area contributed by atoms with Gasteiger partial charge in [-0.3, -0.25) is 9.59 Å². The highest BCUT2D eigenvalue weighted by Crippen LogP contribution is 2.43. The maximum absolute atomic E-state index is 13.5. The molecule has 1 atom stereocenters. The van der Waals surface area contributed by atoms with E-state index < -0.39 is 23.6 Å². The number of benzene rings is 2. The molecule has 0 radical (unpaired) electrons. The number of allylic oxidation sites excluding steroid dienone is 3. The molecule has 1 aliphatic carbocycles. The molecule has 0 saturated heterocycles. The van der Waals surface area contributed by atoms with Crippen LogP contribution in [0, 0.1) is 0 Å². The predicted octanol–water partition coefficient (Wildman–Crippen LogP) is 6.36. The lowest BCUT2D eigenvalue weighted by Gasteiger charge is -2.34. The van der Waals surface area contributed by atoms with Crippen molar-refractivity contribution in [2.75, 3.05) is 11.9 Å². The number of ether oxygens (including phenoxy) is 1. The minimum atomic E-state index is -4.59. The van der Waals surface area contributed by atoms with Gasteiger partial charge in [0.15, 0.2) is 5.78 Å². The van der Waals surface area contributed by atoms with E-state index in [4.69, 9.17) is 16.3 Å². The smallest absolute Gasteiger partial charge is 0.416 e. The molecule has 0 bridgehead atoms. The Bertz CT molecular complexity index is 1230. The SMILES string of the molecule is CCOc1ccc([C@@H]2C(C(=O)Nc3cc(C(F)(F)F)ccc3Cl)=C(C)NC3=C2C(=O)CCC3)cc1. The fourth-order valence-corrected chi connectivity index (χ4v) is 4.69. The fraction of sp³-hybridized carbons (Fsp3) is 0.308. The number of rotatable bonds is 5. The van der Waals surface area contributed by atoms with Crippen molar-refractivity contribution in [3.63, 3.8) is 0 Å². The summed E-state index contributed by atoms with van der Waals surface area (Å²) in [7, 11) is 0. The normalized spacial score (nSPS) is 18.2. The number of hydrogen-bond acceptors (Lipinski definition) is 4. The Morgan fingerprint density at radius 2 is 1.89 bits per heavy atom. The maximum Gasteiger partial charge on any atom is 0.416 e. The molecule has 5 nitrogen and oxygen atoms in total. The number of hydrogen-bond donors (Lipinski definition) is 2. The van der Waals surface area contributed by atoms with Crippen LogP contribution in [-0.2, 0) is 15.8 Å². The molecule has 2 aliphatic rings. The van der Waals surface area contributed by atoms with Crippen LogP contribution < -0.4 is 15.4 Å². The number of ketones is 1. The monoisotopic (exact) mass is 504 g/mol. The molecule has 9 heteroatoms. The maximum atomic E-state index is 13.5. The van der Waals surface area contributed by atoms with Crippen LogP contribution in [0.2, 0.25) is 5.02 Å². The molecule has 1 aliphatic heterocycles. The van der Waals surface area contributed by atoms with Crippen molar-refractivity contribution in [3.8, 4) is 5.75 Å². The molecule has 0 saturated carbocycles. The summed E-state index contributed by atoms with van der Waals surface area (Å²) in [5.74, 6) is -0.733. The van der Waals surface area contributed by atoms with Crippen LogP contribution in [-0.4, -0.2) is 18.3 Å². The zero-order chi connectivity index (χ0) is 25.3. The van der Waals surface area contributed by atoms with Gasteiger partial charge >= 0.3 is 6.18 Å². The lowest BCUT2D eigenvalue weighted by molar-refractivity contribution is -0.137. The quantitative estimate of drug-likeness (QED) is 0.497. The average molecular weight is 505 g/mol. The minimum absolute atomic E-state index is 0.0281. The predicted molar refractivity (Wildman–Crippen MR) is 127 cm³/mol. The average Bonchev–Trinajstić information content (AvgIpc) is 2.79. The van der Waals surface area contributed by atoms with E-state index in [1.165, 1.54) is 0 Å². The van der Waals surface area contributed by atoms with Crippen molar-refractivity contribution in [1.82, 2.24) is 5.32 Å². The lowest BCUT2D eigenvalue weighted by atomic mass is 9.75. The number of amides is 1. The van der Waals surface area contributed by atoms with Gasteiger partial charge in [0.25, 0.3) is 5.91 Å². The number of halogens is 4. The zero-order valence-electron chi connectivity index (χ0n) is 19.2. The third kappa shape index (κ3) is 5.07. The number of anilines is 1. The number of dihydropyridines is 1. The number of carbonyl (C=O) groups excluding carboxylic acids is 2. The van der Waals surface area contributed by atoms with Crippen LogP contribution >= 0.6 is 11.6 Å². The van der Waals surface area contributed by atoms with Gasteiger partial charge in [0.1, 0.15) is 5.75 Å². The van der Waals surface area contributed by atoms with E-state index >= 15 is 0 Å². The Morgan fingerprint density at radius 3 is 2.54 bits per heavy atom. The van der Waals surface area contributed by atoms with Crippen molar-refractivity contribution in [1.29, 1.82) is 0 Å². The van der Waals surface area contributed by atoms with E-state index in [1.807, 2.05) is 6.92 Å². The van der Waals surface area contributed by atoms with Crippen molar-refractivity contribution < 1.29 is 27.5 Å². The standard InChI is InChI=1S/C26H24ClF3N2O3/c1-3-35-17-10-7-15(8-11-17)23-22(14(2)31-19-5-4-6-21(33)24(19)23)25(34)32-20-13-16(26(28,29)30)9-12-18(20)27/h7-13,23,31H,3-6H2,1-2H3,(H,32,34)/t23-/m1/s1. The van der Waals surface area contributed by atoms with E-state index in [0.717, 1.165) is 23.9 Å². The summed E-state index contributed by atoms with van der Waals surface area (Å²) in [5.41, 5.74) is 1.66. The molecule has 35 heavy (non-hydrogen) atoms. The first kappa shape index (κ1) is 24.9. The van der Waals surface area contributed by atoms with Gasteiger partial charge in [-0.15, -0.1) is 0 Å². The summed E-state index contributed by atoms with van der Waals surface area (Å²) in [6.45, 7) is 4.07. The van der Waals surface area contributed by atoms with E-state index in [0.29, 0.717) is 48.5 Å². The Morgan fingerprint density at radius 1 is 1.17 bits per heavy atom. The number of carbonyl (C=O) groups is 2. The summed E-state index contributed by atoms with van der Waals surface area (Å²) in [4.78, 5) is 26.5. The number of alkyl halides is 3. The fourth-order valence-electron chi connectivity index (χ4n) is 4.53. The number of Topliss-reactive ketones (excluding diaryl/α,β-unsaturated/α-hetero) is 1. The molecule has 2 aromatic carbocycles. The highest BCUT2D eigenvalue weighted by atomic mass is 35.5. The van der Waals surface area contributed by atoms with E-state index in [-0.39, 0.29) is 22.1 Å². The van der Waals surface area contributed by atoms with Crippen molar-refractivity contribution in [2.45, 2.75) is 45.2 Å². The molecule has 2 aromatic rings. The molecule has 184 valence electrons. The summed E-state index contributed by atoms with van der Waals surface area (Å²) >= 11 is 6.11. The third-order valence-corrected chi connectivity index (χ3v) is 6.42. The van der Waals surface area contributed by atoms with Gasteiger partial charge in [0.05, 0.1) is 22.9 Å². The van der Waals surface area contributed by atoms with Gasteiger partial charge in [0, 0.05) is 34.9 Å². The molecule has 1 heterocycles. The van der Waals surface area contributed by atoms with Crippen LogP contribution in [0.3, 0.4) is 0 Å². The van der Waals surface area contributed by atoms with Gasteiger partial charge in [-0.1, -0.05) is 23.7 Å². The molecule has 0 unspecified atom stereocenters. The van der Waals surface area contributed by atoms with Gasteiger partial charge in [-0.25, -0.2) is 0 Å². The summed E-state index contributed by atoms with van der Waals surface area (Å²) < 4.78 is 45.2. The van der Waals surface area contributed by atoms with Crippen LogP contribution in [0.4, 0.5) is 18.9 Å². The summed E-state index contributed by atoms with van der Waals surface area (Å²) in [6.07, 6.45) is -2.86. The van der Waals surface area contributed by atoms with Crippen LogP contribution in [0.15, 0.2) is 65.0 Å². The first-order valence-electron chi connectivity index (χ1n) is 11.2. The molecule has 1 amide bonds. The van der Waals surface area contributed by atoms with E-state index in [2.05, 4.69) is 10.6 Å².